The molecule has 10 heteroatoms. The van der Waals surface area contributed by atoms with Gasteiger partial charge in [0.1, 0.15) is 28.7 Å². The van der Waals surface area contributed by atoms with Crippen molar-refractivity contribution in [2.45, 2.75) is 12.5 Å². The van der Waals surface area contributed by atoms with Crippen LogP contribution in [0.1, 0.15) is 18.2 Å². The van der Waals surface area contributed by atoms with Crippen molar-refractivity contribution in [2.75, 3.05) is 5.32 Å². The van der Waals surface area contributed by atoms with Gasteiger partial charge in [0.05, 0.1) is 18.5 Å². The monoisotopic (exact) mass is 412 g/mol. The molecule has 3 N–H and O–H groups in total. The molecule has 0 radical (unpaired) electrons. The van der Waals surface area contributed by atoms with Gasteiger partial charge in [0.25, 0.3) is 11.8 Å². The average Bonchev–Trinajstić information content (AvgIpc) is 3.19. The molecule has 1 aliphatic rings. The Labute approximate surface area is 168 Å². The number of nitrogens with zero attached hydrogens (tertiary/aromatic N) is 2. The third kappa shape index (κ3) is 3.88. The molecule has 3 aromatic heterocycles. The first-order valence-corrected chi connectivity index (χ1v) is 8.77. The molecule has 0 spiro atoms. The highest BCUT2D eigenvalue weighted by molar-refractivity contribution is 6.23. The van der Waals surface area contributed by atoms with Gasteiger partial charge in [-0.25, -0.2) is 14.4 Å². The van der Waals surface area contributed by atoms with Gasteiger partial charge >= 0.3 is 0 Å². The van der Waals surface area contributed by atoms with Crippen molar-refractivity contribution in [1.82, 2.24) is 15.3 Å². The minimum Gasteiger partial charge on any atom is -0.511 e. The van der Waals surface area contributed by atoms with Gasteiger partial charge in [-0.15, -0.1) is 0 Å². The van der Waals surface area contributed by atoms with Gasteiger partial charge in [-0.3, -0.25) is 9.59 Å². The van der Waals surface area contributed by atoms with Crippen LogP contribution in [0.25, 0.3) is 11.1 Å². The summed E-state index contributed by atoms with van der Waals surface area (Å²) in [6.45, 7) is 0. The number of aliphatic hydroxyl groups is 1. The van der Waals surface area contributed by atoms with Crippen LogP contribution < -0.4 is 10.6 Å². The highest BCUT2D eigenvalue weighted by Crippen LogP contribution is 2.31. The van der Waals surface area contributed by atoms with E-state index in [0.29, 0.717) is 16.9 Å². The molecule has 30 heavy (non-hydrogen) atoms. The van der Waals surface area contributed by atoms with Crippen LogP contribution in [0.5, 0.6) is 0 Å². The molecule has 4 heterocycles. The van der Waals surface area contributed by atoms with Crippen LogP contribution in [0.4, 0.5) is 14.6 Å². The minimum absolute atomic E-state index is 0.0249. The topological polar surface area (TPSA) is 117 Å². The molecule has 152 valence electrons. The maximum Gasteiger partial charge on any atom is 0.265 e. The second-order valence-electron chi connectivity index (χ2n) is 6.47. The first-order chi connectivity index (χ1) is 14.4. The second-order valence-corrected chi connectivity index (χ2v) is 6.47. The molecule has 1 unspecified atom stereocenters. The summed E-state index contributed by atoms with van der Waals surface area (Å²) in [7, 11) is 0. The minimum atomic E-state index is -0.880. The van der Waals surface area contributed by atoms with Gasteiger partial charge in [0.2, 0.25) is 5.95 Å². The van der Waals surface area contributed by atoms with Crippen LogP contribution >= 0.6 is 0 Å². The van der Waals surface area contributed by atoms with Gasteiger partial charge in [-0.2, -0.15) is 4.39 Å². The molecular weight excluding hydrogens is 398 g/mol. The fraction of sp³-hybridized carbons (Fsp3) is 0.100. The smallest absolute Gasteiger partial charge is 0.265 e. The number of anilines is 1. The van der Waals surface area contributed by atoms with Crippen molar-refractivity contribution < 1.29 is 27.9 Å². The number of halogens is 2. The summed E-state index contributed by atoms with van der Waals surface area (Å²) >= 11 is 0. The fourth-order valence-corrected chi connectivity index (χ4v) is 3.01. The normalized spacial score (nSPS) is 16.3. The predicted octanol–water partition coefficient (Wildman–Crippen LogP) is 3.03. The molecule has 0 saturated heterocycles. The summed E-state index contributed by atoms with van der Waals surface area (Å²) in [6, 6.07) is 6.02. The Morgan fingerprint density at radius 3 is 2.73 bits per heavy atom. The predicted molar refractivity (Wildman–Crippen MR) is 99.9 cm³/mol. The molecule has 0 saturated carbocycles. The number of hydrogen-bond acceptors (Lipinski definition) is 6. The number of carbonyl (C=O) groups excluding carboxylic acids is 2. The molecule has 0 bridgehead atoms. The molecule has 2 amide bonds. The van der Waals surface area contributed by atoms with Crippen molar-refractivity contribution in [3.8, 4) is 11.1 Å². The first kappa shape index (κ1) is 19.2. The molecule has 0 aromatic carbocycles. The number of furan rings is 1. The van der Waals surface area contributed by atoms with E-state index in [4.69, 9.17) is 4.42 Å². The molecule has 0 fully saturated rings. The van der Waals surface area contributed by atoms with Crippen LogP contribution in [0.3, 0.4) is 0 Å². The summed E-state index contributed by atoms with van der Waals surface area (Å²) in [5.41, 5.74) is 0.626. The zero-order valence-corrected chi connectivity index (χ0v) is 15.2. The van der Waals surface area contributed by atoms with E-state index >= 15 is 0 Å². The maximum atomic E-state index is 13.3. The lowest BCUT2D eigenvalue weighted by molar-refractivity contribution is -0.123. The number of aliphatic hydroxyl groups excluding tert-OH is 1. The highest BCUT2D eigenvalue weighted by atomic mass is 19.1. The number of hydrogen-bond donors (Lipinski definition) is 3. The summed E-state index contributed by atoms with van der Waals surface area (Å²) in [4.78, 5) is 31.9. The lowest BCUT2D eigenvalue weighted by Crippen LogP contribution is -2.39. The lowest BCUT2D eigenvalue weighted by atomic mass is 9.99. The summed E-state index contributed by atoms with van der Waals surface area (Å²) in [5, 5.41) is 15.2. The van der Waals surface area contributed by atoms with Crippen LogP contribution in [0.15, 0.2) is 64.7 Å². The number of nitrogens with one attached hydrogen (secondary N) is 2. The Morgan fingerprint density at radius 2 is 2.03 bits per heavy atom. The van der Waals surface area contributed by atoms with E-state index in [2.05, 4.69) is 20.6 Å². The Kier molecular flexibility index (Phi) is 4.97. The van der Waals surface area contributed by atoms with Gasteiger partial charge in [-0.1, -0.05) is 0 Å². The van der Waals surface area contributed by atoms with Crippen molar-refractivity contribution >= 4 is 17.6 Å². The van der Waals surface area contributed by atoms with Crippen LogP contribution in [-0.2, 0) is 9.59 Å². The van der Waals surface area contributed by atoms with Crippen LogP contribution in [0, 0.1) is 11.8 Å². The summed E-state index contributed by atoms with van der Waals surface area (Å²) in [5.74, 6) is -3.00. The van der Waals surface area contributed by atoms with E-state index in [0.717, 1.165) is 12.3 Å². The molecule has 4 rings (SSSR count). The SMILES string of the molecule is O=C(Nc1ccc(F)cn1)C1=C(O)CC(c2cc(-c3ccnc(F)c3)co2)NC1=O. The third-order valence-corrected chi connectivity index (χ3v) is 4.44. The highest BCUT2D eigenvalue weighted by Gasteiger charge is 2.33. The van der Waals surface area contributed by atoms with E-state index in [1.54, 1.807) is 12.1 Å². The third-order valence-electron chi connectivity index (χ3n) is 4.44. The van der Waals surface area contributed by atoms with Gasteiger partial charge in [0.15, 0.2) is 0 Å². The molecule has 0 aliphatic carbocycles. The maximum absolute atomic E-state index is 13.3. The van der Waals surface area contributed by atoms with E-state index in [1.165, 1.54) is 24.6 Å². The Balaban J connectivity index is 1.52. The van der Waals surface area contributed by atoms with E-state index in [1.807, 2.05) is 0 Å². The Hall–Kier alpha value is -4.08. The van der Waals surface area contributed by atoms with Gasteiger partial charge < -0.3 is 20.2 Å². The van der Waals surface area contributed by atoms with Crippen molar-refractivity contribution in [2.24, 2.45) is 0 Å². The molecule has 1 aliphatic heterocycles. The largest absolute Gasteiger partial charge is 0.511 e. The van der Waals surface area contributed by atoms with E-state index in [-0.39, 0.29) is 12.2 Å². The Bertz CT molecular complexity index is 1160. The number of amides is 2. The molecule has 3 aromatic rings. The van der Waals surface area contributed by atoms with Crippen molar-refractivity contribution in [3.05, 3.63) is 77.8 Å². The number of pyridine rings is 2. The second kappa shape index (κ2) is 7.74. The molecule has 1 atom stereocenters. The fourth-order valence-electron chi connectivity index (χ4n) is 3.01. The Morgan fingerprint density at radius 1 is 1.20 bits per heavy atom. The van der Waals surface area contributed by atoms with Crippen molar-refractivity contribution in [1.29, 1.82) is 0 Å². The number of rotatable bonds is 4. The average molecular weight is 412 g/mol. The van der Waals surface area contributed by atoms with Crippen LogP contribution in [0.2, 0.25) is 0 Å². The number of carbonyl (C=O) groups is 2. The summed E-state index contributed by atoms with van der Waals surface area (Å²) < 4.78 is 31.7. The zero-order valence-electron chi connectivity index (χ0n) is 15.2. The van der Waals surface area contributed by atoms with Gasteiger partial charge in [0, 0.05) is 24.2 Å². The van der Waals surface area contributed by atoms with Gasteiger partial charge in [-0.05, 0) is 29.8 Å². The zero-order chi connectivity index (χ0) is 21.3. The van der Waals surface area contributed by atoms with Crippen LogP contribution in [-0.4, -0.2) is 26.9 Å². The van der Waals surface area contributed by atoms with E-state index in [9.17, 15) is 23.5 Å². The molecule has 8 nitrogen and oxygen atoms in total. The summed E-state index contributed by atoms with van der Waals surface area (Å²) in [6.07, 6.45) is 3.52. The first-order valence-electron chi connectivity index (χ1n) is 8.77. The molecular formula is C20H14F2N4O4. The van der Waals surface area contributed by atoms with E-state index < -0.39 is 41.0 Å². The standard InChI is InChI=1S/C20H14F2N4O4/c21-12-1-2-17(24-8-12)26-20(29)18-14(27)7-13(25-19(18)28)15-5-11(9-30-15)10-3-4-23-16(22)6-10/h1-6,8-9,13,27H,7H2,(H,25,28)(H,24,26,29). The quantitative estimate of drug-likeness (QED) is 0.448. The number of aromatic nitrogens is 2. The lowest BCUT2D eigenvalue weighted by Gasteiger charge is -2.23. The van der Waals surface area contributed by atoms with Crippen molar-refractivity contribution in [3.63, 3.8) is 0 Å².